The summed E-state index contributed by atoms with van der Waals surface area (Å²) in [5.74, 6) is -0.166. The third-order valence-corrected chi connectivity index (χ3v) is 3.73. The molecule has 1 amide bonds. The van der Waals surface area contributed by atoms with Crippen LogP contribution in [0.5, 0.6) is 11.5 Å². The molecule has 1 aromatic carbocycles. The predicted octanol–water partition coefficient (Wildman–Crippen LogP) is 0.408. The van der Waals surface area contributed by atoms with Crippen LogP contribution in [0.4, 0.5) is 0 Å². The van der Waals surface area contributed by atoms with Gasteiger partial charge in [0.2, 0.25) is 5.91 Å². The number of aromatic amines is 2. The number of hydrazone groups is 1. The first-order valence-electron chi connectivity index (χ1n) is 7.55. The zero-order valence-electron chi connectivity index (χ0n) is 13.7. The summed E-state index contributed by atoms with van der Waals surface area (Å²) in [5, 5.41) is 19.3. The van der Waals surface area contributed by atoms with Crippen LogP contribution < -0.4 is 21.4 Å². The van der Waals surface area contributed by atoms with E-state index in [2.05, 4.69) is 36.7 Å². The Morgan fingerprint density at radius 2 is 2.23 bits per heavy atom. The highest BCUT2D eigenvalue weighted by Gasteiger charge is 2.09. The number of H-pyrrole nitrogens is 2. The molecule has 2 rings (SSSR count). The lowest BCUT2D eigenvalue weighted by Crippen LogP contribution is -2.28. The van der Waals surface area contributed by atoms with E-state index in [0.29, 0.717) is 16.6 Å². The van der Waals surface area contributed by atoms with E-state index in [0.717, 1.165) is 0 Å². The fraction of sp³-hybridized carbons (Fsp3) is 0.267. The van der Waals surface area contributed by atoms with Crippen molar-refractivity contribution in [3.05, 3.63) is 48.7 Å². The molecule has 0 aliphatic rings. The van der Waals surface area contributed by atoms with Gasteiger partial charge in [-0.25, -0.2) is 15.3 Å². The van der Waals surface area contributed by atoms with Crippen LogP contribution in [0.15, 0.2) is 31.3 Å². The molecule has 10 nitrogen and oxygen atoms in total. The number of aryl methyl sites for hydroxylation is 1. The summed E-state index contributed by atoms with van der Waals surface area (Å²) in [6, 6.07) is 3.18. The van der Waals surface area contributed by atoms with E-state index in [1.165, 1.54) is 6.21 Å². The van der Waals surface area contributed by atoms with Crippen molar-refractivity contribution in [3.8, 4) is 11.5 Å². The lowest BCUT2D eigenvalue weighted by molar-refractivity contribution is -0.121. The van der Waals surface area contributed by atoms with Crippen LogP contribution in [0.3, 0.4) is 0 Å². The highest BCUT2D eigenvalue weighted by molar-refractivity contribution is 9.10. The van der Waals surface area contributed by atoms with E-state index in [1.54, 1.807) is 19.1 Å². The van der Waals surface area contributed by atoms with Crippen molar-refractivity contribution in [2.24, 2.45) is 5.10 Å². The first kappa shape index (κ1) is 19.4. The molecule has 1 heterocycles. The fourth-order valence-corrected chi connectivity index (χ4v) is 2.40. The van der Waals surface area contributed by atoms with Gasteiger partial charge in [-0.1, -0.05) is 0 Å². The van der Waals surface area contributed by atoms with Gasteiger partial charge in [-0.05, 0) is 40.5 Å². The molecule has 0 aliphatic heterocycles. The molecule has 11 heteroatoms. The second kappa shape index (κ2) is 8.94. The Labute approximate surface area is 155 Å². The van der Waals surface area contributed by atoms with E-state index in [-0.39, 0.29) is 30.0 Å². The van der Waals surface area contributed by atoms with Crippen LogP contribution in [0.1, 0.15) is 24.6 Å². The Hall–Kier alpha value is -2.95. The number of hydrogen-bond acceptors (Lipinski definition) is 7. The number of ether oxygens (including phenoxy) is 1. The number of phenolic OH excluding ortho intramolecular Hbond substituents is 1. The number of benzene rings is 1. The minimum absolute atomic E-state index is 0.0216. The molecule has 0 spiro atoms. The van der Waals surface area contributed by atoms with Crippen LogP contribution in [0.25, 0.3) is 0 Å². The summed E-state index contributed by atoms with van der Waals surface area (Å²) in [4.78, 5) is 36.1. The fourth-order valence-electron chi connectivity index (χ4n) is 1.94. The molecule has 4 N–H and O–H groups in total. The van der Waals surface area contributed by atoms with Gasteiger partial charge in [0.1, 0.15) is 5.69 Å². The highest BCUT2D eigenvalue weighted by Crippen LogP contribution is 2.34. The van der Waals surface area contributed by atoms with Crippen LogP contribution in [-0.2, 0) is 11.2 Å². The Morgan fingerprint density at radius 1 is 1.46 bits per heavy atom. The predicted molar refractivity (Wildman–Crippen MR) is 96.5 cm³/mol. The summed E-state index contributed by atoms with van der Waals surface area (Å²) >= 11 is 3.21. The molecule has 0 saturated heterocycles. The molecular formula is C15H16BrN5O5. The van der Waals surface area contributed by atoms with Gasteiger partial charge in [-0.2, -0.15) is 10.2 Å². The maximum atomic E-state index is 11.8. The minimum Gasteiger partial charge on any atom is -0.503 e. The van der Waals surface area contributed by atoms with Crippen molar-refractivity contribution in [3.63, 3.8) is 0 Å². The molecule has 0 saturated carbocycles. The van der Waals surface area contributed by atoms with Gasteiger partial charge in [0.25, 0.3) is 5.56 Å². The van der Waals surface area contributed by atoms with Crippen molar-refractivity contribution in [2.75, 3.05) is 6.61 Å². The third-order valence-electron chi connectivity index (χ3n) is 3.12. The van der Waals surface area contributed by atoms with Gasteiger partial charge in [0.15, 0.2) is 11.5 Å². The summed E-state index contributed by atoms with van der Waals surface area (Å²) in [6.45, 7) is 2.17. The lowest BCUT2D eigenvalue weighted by atomic mass is 10.2. The molecule has 0 bridgehead atoms. The number of carbonyl (C=O) groups excluding carboxylic acids is 1. The lowest BCUT2D eigenvalue weighted by Gasteiger charge is -2.08. The van der Waals surface area contributed by atoms with E-state index < -0.39 is 17.2 Å². The monoisotopic (exact) mass is 425 g/mol. The standard InChI is InChI=1S/C15H16BrN5O5/c1-2-26-11-6-8(5-9(16)13(11)23)7-17-20-12(22)4-3-10-14(24)18-15(25)21-19-10/h5-7,23H,2-4H2,1H3,(H,20,22)(H2,18,21,24,25)/b17-7+. The van der Waals surface area contributed by atoms with E-state index in [9.17, 15) is 19.5 Å². The summed E-state index contributed by atoms with van der Waals surface area (Å²) < 4.78 is 5.73. The quantitative estimate of drug-likeness (QED) is 0.372. The second-order valence-electron chi connectivity index (χ2n) is 5.03. The van der Waals surface area contributed by atoms with Crippen LogP contribution >= 0.6 is 15.9 Å². The molecule has 2 aromatic rings. The van der Waals surface area contributed by atoms with Gasteiger partial charge in [-0.3, -0.25) is 14.6 Å². The van der Waals surface area contributed by atoms with Crippen molar-refractivity contribution in [1.29, 1.82) is 0 Å². The molecule has 0 radical (unpaired) electrons. The topological polar surface area (TPSA) is 150 Å². The van der Waals surface area contributed by atoms with Gasteiger partial charge in [0, 0.05) is 12.8 Å². The number of halogens is 1. The Morgan fingerprint density at radius 3 is 2.92 bits per heavy atom. The minimum atomic E-state index is -0.709. The van der Waals surface area contributed by atoms with Crippen molar-refractivity contribution in [1.82, 2.24) is 20.6 Å². The average Bonchev–Trinajstić information content (AvgIpc) is 2.58. The van der Waals surface area contributed by atoms with E-state index >= 15 is 0 Å². The number of nitrogens with zero attached hydrogens (tertiary/aromatic N) is 2. The summed E-state index contributed by atoms with van der Waals surface area (Å²) in [7, 11) is 0. The molecule has 0 atom stereocenters. The van der Waals surface area contributed by atoms with Crippen LogP contribution in [-0.4, -0.2) is 39.0 Å². The average molecular weight is 426 g/mol. The Balaban J connectivity index is 1.94. The zero-order valence-corrected chi connectivity index (χ0v) is 15.3. The van der Waals surface area contributed by atoms with Gasteiger partial charge < -0.3 is 9.84 Å². The van der Waals surface area contributed by atoms with Crippen molar-refractivity contribution < 1.29 is 14.6 Å². The van der Waals surface area contributed by atoms with Gasteiger partial charge in [-0.15, -0.1) is 0 Å². The second-order valence-corrected chi connectivity index (χ2v) is 5.88. The molecule has 138 valence electrons. The number of nitrogens with one attached hydrogen (secondary N) is 3. The molecule has 0 fully saturated rings. The summed E-state index contributed by atoms with van der Waals surface area (Å²) in [6.07, 6.45) is 1.39. The van der Waals surface area contributed by atoms with Crippen molar-refractivity contribution >= 4 is 28.1 Å². The van der Waals surface area contributed by atoms with Gasteiger partial charge >= 0.3 is 5.69 Å². The highest BCUT2D eigenvalue weighted by atomic mass is 79.9. The maximum absolute atomic E-state index is 11.8. The molecule has 1 aromatic heterocycles. The first-order valence-corrected chi connectivity index (χ1v) is 8.35. The largest absolute Gasteiger partial charge is 0.503 e. The Kier molecular flexibility index (Phi) is 6.67. The number of carbonyl (C=O) groups is 1. The number of phenols is 1. The number of hydrogen-bond donors (Lipinski definition) is 4. The SMILES string of the molecule is CCOc1cc(/C=N/NC(=O)CCc2n[nH]c(=O)[nH]c2=O)cc(Br)c1O. The zero-order chi connectivity index (χ0) is 19.1. The number of aromatic hydroxyl groups is 1. The number of rotatable bonds is 7. The van der Waals surface area contributed by atoms with E-state index in [1.807, 2.05) is 4.98 Å². The van der Waals surface area contributed by atoms with E-state index in [4.69, 9.17) is 4.74 Å². The van der Waals surface area contributed by atoms with Crippen LogP contribution in [0, 0.1) is 0 Å². The number of aromatic nitrogens is 3. The van der Waals surface area contributed by atoms with Crippen molar-refractivity contribution in [2.45, 2.75) is 19.8 Å². The first-order chi connectivity index (χ1) is 12.4. The van der Waals surface area contributed by atoms with Crippen LogP contribution in [0.2, 0.25) is 0 Å². The number of amides is 1. The summed E-state index contributed by atoms with van der Waals surface area (Å²) in [5.41, 5.74) is 1.62. The van der Waals surface area contributed by atoms with Gasteiger partial charge in [0.05, 0.1) is 17.3 Å². The maximum Gasteiger partial charge on any atom is 0.342 e. The molecule has 0 unspecified atom stereocenters. The smallest absolute Gasteiger partial charge is 0.342 e. The normalized spacial score (nSPS) is 10.8. The third kappa shape index (κ3) is 5.28. The molecule has 0 aliphatic carbocycles. The molecular weight excluding hydrogens is 410 g/mol. The molecule has 26 heavy (non-hydrogen) atoms. The Bertz CT molecular complexity index is 937.